The molecule has 1 fully saturated rings. The van der Waals surface area contributed by atoms with E-state index in [1.165, 1.54) is 13.2 Å². The van der Waals surface area contributed by atoms with Crippen molar-refractivity contribution in [1.82, 2.24) is 0 Å². The Morgan fingerprint density at radius 2 is 1.67 bits per heavy atom. The largest absolute Gasteiger partial charge is 0.497 e. The predicted molar refractivity (Wildman–Crippen MR) is 112 cm³/mol. The van der Waals surface area contributed by atoms with Crippen LogP contribution >= 0.6 is 0 Å². The average molecular weight is 462 g/mol. The van der Waals surface area contributed by atoms with Crippen LogP contribution in [0.3, 0.4) is 0 Å². The summed E-state index contributed by atoms with van der Waals surface area (Å²) in [6, 6.07) is 10.3. The summed E-state index contributed by atoms with van der Waals surface area (Å²) in [7, 11) is 3.02. The standard InChI is InChI=1S/C23H26O10/c1-29-13-5-3-11(4-6-13)15-8-12-7-14(30-2)9-16(18(12)22(28)31-15)32-23-21(27)20(26)19(25)17(10-24)33-23/h3-7,9,15,17,19-21,23-27H,8,10H2,1-2H3/t15-,17+,19+,20-,21+,23+/m0/s1. The minimum absolute atomic E-state index is 0.0202. The molecule has 10 heteroatoms. The lowest BCUT2D eigenvalue weighted by Gasteiger charge is -2.40. The molecular formula is C23H26O10. The summed E-state index contributed by atoms with van der Waals surface area (Å²) in [5.74, 6) is 0.459. The summed E-state index contributed by atoms with van der Waals surface area (Å²) in [5, 5.41) is 39.7. The fourth-order valence-electron chi connectivity index (χ4n) is 3.97. The second-order valence-corrected chi connectivity index (χ2v) is 7.85. The molecule has 10 nitrogen and oxygen atoms in total. The minimum Gasteiger partial charge on any atom is -0.497 e. The van der Waals surface area contributed by atoms with Gasteiger partial charge < -0.3 is 44.1 Å². The first kappa shape index (κ1) is 23.3. The van der Waals surface area contributed by atoms with Gasteiger partial charge in [0.15, 0.2) is 0 Å². The zero-order valence-electron chi connectivity index (χ0n) is 18.1. The van der Waals surface area contributed by atoms with Crippen LogP contribution in [0, 0.1) is 0 Å². The Kier molecular flexibility index (Phi) is 6.73. The number of methoxy groups -OCH3 is 2. The molecule has 0 bridgehead atoms. The van der Waals surface area contributed by atoms with Crippen molar-refractivity contribution < 1.29 is 48.9 Å². The van der Waals surface area contributed by atoms with E-state index < -0.39 is 49.4 Å². The maximum atomic E-state index is 13.0. The number of aliphatic hydroxyl groups is 4. The Bertz CT molecular complexity index is 989. The molecule has 0 amide bonds. The van der Waals surface area contributed by atoms with E-state index in [1.807, 2.05) is 12.1 Å². The Morgan fingerprint density at radius 3 is 2.30 bits per heavy atom. The van der Waals surface area contributed by atoms with Crippen molar-refractivity contribution in [2.75, 3.05) is 20.8 Å². The van der Waals surface area contributed by atoms with Gasteiger partial charge in [0, 0.05) is 12.5 Å². The highest BCUT2D eigenvalue weighted by Gasteiger charge is 2.45. The number of fused-ring (bicyclic) bond motifs is 1. The molecule has 0 aliphatic carbocycles. The fourth-order valence-corrected chi connectivity index (χ4v) is 3.97. The lowest BCUT2D eigenvalue weighted by atomic mass is 9.93. The monoisotopic (exact) mass is 462 g/mol. The topological polar surface area (TPSA) is 144 Å². The van der Waals surface area contributed by atoms with Crippen LogP contribution < -0.4 is 14.2 Å². The molecular weight excluding hydrogens is 436 g/mol. The van der Waals surface area contributed by atoms with Gasteiger partial charge in [0.2, 0.25) is 6.29 Å². The molecule has 0 spiro atoms. The zero-order chi connectivity index (χ0) is 23.7. The van der Waals surface area contributed by atoms with Gasteiger partial charge in [-0.25, -0.2) is 4.79 Å². The molecule has 33 heavy (non-hydrogen) atoms. The van der Waals surface area contributed by atoms with Gasteiger partial charge in [-0.3, -0.25) is 0 Å². The van der Waals surface area contributed by atoms with E-state index >= 15 is 0 Å². The van der Waals surface area contributed by atoms with Gasteiger partial charge in [-0.05, 0) is 29.3 Å². The van der Waals surface area contributed by atoms with Crippen molar-refractivity contribution in [2.45, 2.75) is 43.2 Å². The average Bonchev–Trinajstić information content (AvgIpc) is 2.83. The summed E-state index contributed by atoms with van der Waals surface area (Å²) < 4.78 is 27.3. The number of hydrogen-bond acceptors (Lipinski definition) is 10. The predicted octanol–water partition coefficient (Wildman–Crippen LogP) is 0.337. The van der Waals surface area contributed by atoms with Gasteiger partial charge in [0.25, 0.3) is 0 Å². The molecule has 1 saturated heterocycles. The first-order chi connectivity index (χ1) is 15.9. The third-order valence-electron chi connectivity index (χ3n) is 5.83. The van der Waals surface area contributed by atoms with E-state index in [-0.39, 0.29) is 11.3 Å². The lowest BCUT2D eigenvalue weighted by molar-refractivity contribution is -0.277. The Hall–Kier alpha value is -2.89. The number of cyclic esters (lactones) is 1. The Balaban J connectivity index is 1.64. The van der Waals surface area contributed by atoms with E-state index in [9.17, 15) is 25.2 Å². The molecule has 178 valence electrons. The lowest BCUT2D eigenvalue weighted by Crippen LogP contribution is -2.60. The van der Waals surface area contributed by atoms with E-state index in [0.717, 1.165) is 5.56 Å². The van der Waals surface area contributed by atoms with E-state index in [1.54, 1.807) is 25.3 Å². The van der Waals surface area contributed by atoms with E-state index in [2.05, 4.69) is 0 Å². The molecule has 2 heterocycles. The van der Waals surface area contributed by atoms with Crippen LogP contribution in [0.2, 0.25) is 0 Å². The maximum absolute atomic E-state index is 13.0. The smallest absolute Gasteiger partial charge is 0.342 e. The number of aliphatic hydroxyl groups excluding tert-OH is 4. The van der Waals surface area contributed by atoms with E-state index in [4.69, 9.17) is 23.7 Å². The van der Waals surface area contributed by atoms with Crippen LogP contribution in [0.1, 0.15) is 27.6 Å². The normalized spacial score (nSPS) is 29.1. The number of rotatable bonds is 6. The van der Waals surface area contributed by atoms with Gasteiger partial charge in [0.05, 0.1) is 20.8 Å². The molecule has 2 aliphatic heterocycles. The Morgan fingerprint density at radius 1 is 0.970 bits per heavy atom. The van der Waals surface area contributed by atoms with Crippen molar-refractivity contribution >= 4 is 5.97 Å². The summed E-state index contributed by atoms with van der Waals surface area (Å²) in [5.41, 5.74) is 1.53. The molecule has 0 unspecified atom stereocenters. The maximum Gasteiger partial charge on any atom is 0.342 e. The van der Waals surface area contributed by atoms with Gasteiger partial charge in [-0.2, -0.15) is 0 Å². The van der Waals surface area contributed by atoms with Crippen LogP contribution in [0.4, 0.5) is 0 Å². The van der Waals surface area contributed by atoms with Crippen LogP contribution in [-0.4, -0.2) is 77.9 Å². The second kappa shape index (κ2) is 9.54. The highest BCUT2D eigenvalue weighted by atomic mass is 16.7. The number of ether oxygens (including phenoxy) is 5. The summed E-state index contributed by atoms with van der Waals surface area (Å²) in [4.78, 5) is 13.0. The Labute approximate surface area is 189 Å². The van der Waals surface area contributed by atoms with Crippen LogP contribution in [0.5, 0.6) is 17.2 Å². The summed E-state index contributed by atoms with van der Waals surface area (Å²) in [6.07, 6.45) is -7.58. The number of carbonyl (C=O) groups is 1. The molecule has 6 atom stereocenters. The van der Waals surface area contributed by atoms with Crippen molar-refractivity contribution in [3.05, 3.63) is 53.1 Å². The van der Waals surface area contributed by atoms with Gasteiger partial charge in [0.1, 0.15) is 53.3 Å². The van der Waals surface area contributed by atoms with Gasteiger partial charge in [-0.1, -0.05) is 12.1 Å². The molecule has 2 aromatic rings. The third kappa shape index (κ3) is 4.48. The molecule has 4 rings (SSSR count). The van der Waals surface area contributed by atoms with Crippen molar-refractivity contribution in [1.29, 1.82) is 0 Å². The highest BCUT2D eigenvalue weighted by Crippen LogP contribution is 2.39. The van der Waals surface area contributed by atoms with Crippen molar-refractivity contribution in [3.8, 4) is 17.2 Å². The van der Waals surface area contributed by atoms with Crippen LogP contribution in [-0.2, 0) is 15.9 Å². The van der Waals surface area contributed by atoms with Gasteiger partial charge >= 0.3 is 5.97 Å². The quantitative estimate of drug-likeness (QED) is 0.444. The SMILES string of the molecule is COc1ccc([C@@H]2Cc3cc(OC)cc(O[C@@H]4O[C@H](CO)[C@@H](O)[C@H](O)[C@H]4O)c3C(=O)O2)cc1. The minimum atomic E-state index is -1.63. The first-order valence-electron chi connectivity index (χ1n) is 10.4. The second-order valence-electron chi connectivity index (χ2n) is 7.85. The number of benzene rings is 2. The molecule has 0 saturated carbocycles. The van der Waals surface area contributed by atoms with Crippen LogP contribution in [0.15, 0.2) is 36.4 Å². The number of esters is 1. The molecule has 0 radical (unpaired) electrons. The first-order valence-corrected chi connectivity index (χ1v) is 10.4. The van der Waals surface area contributed by atoms with E-state index in [0.29, 0.717) is 23.5 Å². The number of hydrogen-bond donors (Lipinski definition) is 4. The summed E-state index contributed by atoms with van der Waals surface area (Å²) >= 11 is 0. The molecule has 2 aliphatic rings. The van der Waals surface area contributed by atoms with Crippen LogP contribution in [0.25, 0.3) is 0 Å². The number of carbonyl (C=O) groups excluding carboxylic acids is 1. The third-order valence-corrected chi connectivity index (χ3v) is 5.83. The van der Waals surface area contributed by atoms with Crippen molar-refractivity contribution in [3.63, 3.8) is 0 Å². The fraction of sp³-hybridized carbons (Fsp3) is 0.435. The highest BCUT2D eigenvalue weighted by molar-refractivity contribution is 5.95. The summed E-state index contributed by atoms with van der Waals surface area (Å²) in [6.45, 7) is -0.605. The van der Waals surface area contributed by atoms with Gasteiger partial charge in [-0.15, -0.1) is 0 Å². The zero-order valence-corrected chi connectivity index (χ0v) is 18.1. The molecule has 0 aromatic heterocycles. The van der Waals surface area contributed by atoms with Crippen molar-refractivity contribution in [2.24, 2.45) is 0 Å². The molecule has 2 aromatic carbocycles. The molecule has 4 N–H and O–H groups in total.